The number of unbranched alkanes of at least 4 members (excludes halogenated alkanes) is 17. The minimum atomic E-state index is -1.23. The van der Waals surface area contributed by atoms with Crippen LogP contribution in [0.5, 0.6) is 0 Å². The van der Waals surface area contributed by atoms with Crippen molar-refractivity contribution in [3.63, 3.8) is 0 Å². The zero-order valence-corrected chi connectivity index (χ0v) is 29.1. The Hall–Kier alpha value is -2.16. The minimum absolute atomic E-state index is 0.0000525. The lowest BCUT2D eigenvalue weighted by atomic mass is 10.1. The van der Waals surface area contributed by atoms with Gasteiger partial charge in [-0.25, -0.2) is 4.79 Å². The maximum absolute atomic E-state index is 11.4. The van der Waals surface area contributed by atoms with Crippen LogP contribution in [0.2, 0.25) is 0 Å². The van der Waals surface area contributed by atoms with E-state index in [0.717, 1.165) is 38.5 Å². The number of esters is 1. The first-order valence-corrected chi connectivity index (χ1v) is 17.5. The minimum Gasteiger partial charge on any atom is -0.481 e. The molecule has 0 amide bonds. The first-order chi connectivity index (χ1) is 21.0. The zero-order valence-electron chi connectivity index (χ0n) is 29.1. The Kier molecular flexibility index (Phi) is 47.6. The summed E-state index contributed by atoms with van der Waals surface area (Å²) in [5, 5.41) is 32.3. The van der Waals surface area contributed by atoms with Gasteiger partial charge in [-0.3, -0.25) is 14.4 Å². The molecular formula is C35H70O9. The van der Waals surface area contributed by atoms with Crippen molar-refractivity contribution in [2.75, 3.05) is 6.61 Å². The molecule has 0 rings (SSSR count). The van der Waals surface area contributed by atoms with Crippen LogP contribution in [0.1, 0.15) is 189 Å². The summed E-state index contributed by atoms with van der Waals surface area (Å²) in [6.07, 6.45) is 24.5. The van der Waals surface area contributed by atoms with Gasteiger partial charge in [-0.05, 0) is 32.6 Å². The summed E-state index contributed by atoms with van der Waals surface area (Å²) in [5.74, 6) is -2.52. The van der Waals surface area contributed by atoms with Gasteiger partial charge in [0.15, 0.2) is 0 Å². The van der Waals surface area contributed by atoms with E-state index in [-0.39, 0.29) is 5.97 Å². The van der Waals surface area contributed by atoms with E-state index >= 15 is 0 Å². The van der Waals surface area contributed by atoms with Crippen molar-refractivity contribution in [1.29, 1.82) is 0 Å². The highest BCUT2D eigenvalue weighted by Gasteiger charge is 2.02. The second-order valence-electron chi connectivity index (χ2n) is 11.3. The summed E-state index contributed by atoms with van der Waals surface area (Å²) in [6, 6.07) is 0. The number of hydrogen-bond acceptors (Lipinski definition) is 6. The molecule has 0 heterocycles. The maximum Gasteiger partial charge on any atom is 0.332 e. The van der Waals surface area contributed by atoms with Gasteiger partial charge in [0, 0.05) is 19.3 Å². The lowest BCUT2D eigenvalue weighted by Crippen LogP contribution is -2.13. The number of aliphatic hydroxyl groups is 1. The highest BCUT2D eigenvalue weighted by atomic mass is 16.5. The SMILES string of the molecule is CC(O)C(=O)O.CCCCCCCC(=O)O.CCCCCCCC(=O)O.CCCCCCCCOC(=O)CCCCCCC. The first kappa shape index (κ1) is 48.7. The maximum atomic E-state index is 11.4. The molecule has 9 heteroatoms. The quantitative estimate of drug-likeness (QED) is 0.0537. The van der Waals surface area contributed by atoms with E-state index < -0.39 is 24.0 Å². The number of carboxylic acids is 3. The molecule has 0 bridgehead atoms. The van der Waals surface area contributed by atoms with Crippen LogP contribution in [-0.4, -0.2) is 57.0 Å². The third-order valence-electron chi connectivity index (χ3n) is 6.59. The van der Waals surface area contributed by atoms with Gasteiger partial charge in [-0.2, -0.15) is 0 Å². The summed E-state index contributed by atoms with van der Waals surface area (Å²) in [6.45, 7) is 10.5. The fraction of sp³-hybridized carbons (Fsp3) is 0.886. The fourth-order valence-electron chi connectivity index (χ4n) is 3.77. The monoisotopic (exact) mass is 635 g/mol. The first-order valence-electron chi connectivity index (χ1n) is 17.5. The molecular weight excluding hydrogens is 564 g/mol. The molecule has 0 aromatic heterocycles. The Balaban J connectivity index is -0.000000263. The predicted molar refractivity (Wildman–Crippen MR) is 179 cm³/mol. The lowest BCUT2D eigenvalue weighted by Gasteiger charge is -2.04. The van der Waals surface area contributed by atoms with Gasteiger partial charge >= 0.3 is 23.9 Å². The van der Waals surface area contributed by atoms with Gasteiger partial charge in [-0.1, -0.05) is 137 Å². The van der Waals surface area contributed by atoms with Crippen molar-refractivity contribution in [3.8, 4) is 0 Å². The Bertz CT molecular complexity index is 597. The van der Waals surface area contributed by atoms with Crippen LogP contribution in [0.15, 0.2) is 0 Å². The third kappa shape index (κ3) is 59.3. The topological polar surface area (TPSA) is 158 Å². The van der Waals surface area contributed by atoms with Crippen LogP contribution < -0.4 is 0 Å². The number of carboxylic acid groups (broad SMARTS) is 3. The highest BCUT2D eigenvalue weighted by Crippen LogP contribution is 2.08. The predicted octanol–water partition coefficient (Wildman–Crippen LogP) is 9.57. The molecule has 1 atom stereocenters. The van der Waals surface area contributed by atoms with Gasteiger partial charge in [-0.15, -0.1) is 0 Å². The van der Waals surface area contributed by atoms with Gasteiger partial charge in [0.1, 0.15) is 6.10 Å². The third-order valence-corrected chi connectivity index (χ3v) is 6.59. The summed E-state index contributed by atoms with van der Waals surface area (Å²) in [4.78, 5) is 40.9. The molecule has 0 aromatic rings. The van der Waals surface area contributed by atoms with E-state index in [2.05, 4.69) is 27.7 Å². The zero-order chi connectivity index (χ0) is 34.3. The van der Waals surface area contributed by atoms with Crippen LogP contribution in [0, 0.1) is 0 Å². The van der Waals surface area contributed by atoms with E-state index in [1.54, 1.807) is 0 Å². The molecule has 0 aliphatic rings. The van der Waals surface area contributed by atoms with Crippen LogP contribution in [0.25, 0.3) is 0 Å². The van der Waals surface area contributed by atoms with Gasteiger partial charge in [0.05, 0.1) is 6.61 Å². The molecule has 0 saturated carbocycles. The molecule has 44 heavy (non-hydrogen) atoms. The molecule has 0 aliphatic carbocycles. The van der Waals surface area contributed by atoms with Crippen molar-refractivity contribution >= 4 is 23.9 Å². The van der Waals surface area contributed by atoms with Gasteiger partial charge in [0.25, 0.3) is 0 Å². The molecule has 0 aromatic carbocycles. The van der Waals surface area contributed by atoms with Crippen LogP contribution in [0.4, 0.5) is 0 Å². The van der Waals surface area contributed by atoms with Crippen LogP contribution in [-0.2, 0) is 23.9 Å². The van der Waals surface area contributed by atoms with Crippen molar-refractivity contribution in [2.45, 2.75) is 195 Å². The standard InChI is InChI=1S/C16H32O2.2C8H16O2.C3H6O3/c1-3-5-7-9-11-13-15-18-16(17)14-12-10-8-6-4-2;2*1-2-3-4-5-6-7-8(9)10;1-2(4)3(5)6/h3-15H2,1-2H3;2*2-7H2,1H3,(H,9,10);2,4H,1H3,(H,5,6). The molecule has 4 N–H and O–H groups in total. The van der Waals surface area contributed by atoms with E-state index in [1.807, 2.05) is 0 Å². The van der Waals surface area contributed by atoms with Gasteiger partial charge < -0.3 is 25.2 Å². The molecule has 9 nitrogen and oxygen atoms in total. The molecule has 0 aliphatic heterocycles. The molecule has 0 radical (unpaired) electrons. The van der Waals surface area contributed by atoms with Crippen molar-refractivity contribution in [1.82, 2.24) is 0 Å². The fourth-order valence-corrected chi connectivity index (χ4v) is 3.77. The lowest BCUT2D eigenvalue weighted by molar-refractivity contribution is -0.145. The largest absolute Gasteiger partial charge is 0.481 e. The normalized spacial score (nSPS) is 10.6. The number of carbonyl (C=O) groups is 4. The summed E-state index contributed by atoms with van der Waals surface area (Å²) < 4.78 is 5.22. The number of hydrogen-bond donors (Lipinski definition) is 4. The Morgan fingerprint density at radius 1 is 0.477 bits per heavy atom. The Morgan fingerprint density at radius 2 is 0.750 bits per heavy atom. The number of aliphatic carboxylic acids is 3. The van der Waals surface area contributed by atoms with Crippen molar-refractivity contribution in [2.24, 2.45) is 0 Å². The second kappa shape index (κ2) is 43.0. The van der Waals surface area contributed by atoms with Crippen molar-refractivity contribution < 1.29 is 44.3 Å². The highest BCUT2D eigenvalue weighted by molar-refractivity contribution is 5.71. The smallest absolute Gasteiger partial charge is 0.332 e. The Morgan fingerprint density at radius 3 is 1.05 bits per heavy atom. The summed E-state index contributed by atoms with van der Waals surface area (Å²) in [5.41, 5.74) is 0. The van der Waals surface area contributed by atoms with Gasteiger partial charge in [0.2, 0.25) is 0 Å². The molecule has 264 valence electrons. The van der Waals surface area contributed by atoms with E-state index in [9.17, 15) is 19.2 Å². The average Bonchev–Trinajstić information content (AvgIpc) is 2.97. The van der Waals surface area contributed by atoms with E-state index in [1.165, 1.54) is 103 Å². The number of ether oxygens (including phenoxy) is 1. The summed E-state index contributed by atoms with van der Waals surface area (Å²) in [7, 11) is 0. The van der Waals surface area contributed by atoms with E-state index in [4.69, 9.17) is 25.2 Å². The average molecular weight is 635 g/mol. The summed E-state index contributed by atoms with van der Waals surface area (Å²) >= 11 is 0. The van der Waals surface area contributed by atoms with E-state index in [0.29, 0.717) is 25.9 Å². The number of carbonyl (C=O) groups excluding carboxylic acids is 1. The molecule has 0 saturated heterocycles. The number of aliphatic hydroxyl groups excluding tert-OH is 1. The second-order valence-corrected chi connectivity index (χ2v) is 11.3. The molecule has 1 unspecified atom stereocenters. The molecule has 0 spiro atoms. The van der Waals surface area contributed by atoms with Crippen LogP contribution >= 0.6 is 0 Å². The van der Waals surface area contributed by atoms with Crippen molar-refractivity contribution in [3.05, 3.63) is 0 Å². The molecule has 0 fully saturated rings. The number of rotatable bonds is 26. The van der Waals surface area contributed by atoms with Crippen LogP contribution in [0.3, 0.4) is 0 Å². The Labute approximate surface area is 269 Å².